The Morgan fingerprint density at radius 2 is 2.06 bits per heavy atom. The third-order valence-electron chi connectivity index (χ3n) is 4.53. The van der Waals surface area contributed by atoms with Gasteiger partial charge in [-0.3, -0.25) is 4.90 Å². The van der Waals surface area contributed by atoms with Crippen LogP contribution < -0.4 is 5.32 Å². The lowest BCUT2D eigenvalue weighted by atomic mass is 10.1. The van der Waals surface area contributed by atoms with Crippen LogP contribution in [0.25, 0.3) is 0 Å². The number of hydrogen-bond donors (Lipinski definition) is 1. The van der Waals surface area contributed by atoms with Crippen LogP contribution in [0.4, 0.5) is 0 Å². The predicted molar refractivity (Wildman–Crippen MR) is 69.2 cm³/mol. The van der Waals surface area contributed by atoms with Gasteiger partial charge < -0.3 is 10.1 Å². The molecule has 3 rings (SSSR count). The van der Waals surface area contributed by atoms with Crippen LogP contribution in [0.5, 0.6) is 0 Å². The van der Waals surface area contributed by atoms with E-state index in [1.807, 2.05) is 0 Å². The molecule has 0 aromatic rings. The van der Waals surface area contributed by atoms with Crippen molar-refractivity contribution < 1.29 is 4.74 Å². The van der Waals surface area contributed by atoms with Crippen molar-refractivity contribution in [1.82, 2.24) is 10.2 Å². The Morgan fingerprint density at radius 1 is 1.12 bits per heavy atom. The molecule has 2 unspecified atom stereocenters. The first-order valence-electron chi connectivity index (χ1n) is 7.48. The molecule has 2 heterocycles. The third kappa shape index (κ3) is 3.21. The molecule has 17 heavy (non-hydrogen) atoms. The van der Waals surface area contributed by atoms with Crippen LogP contribution in [0.1, 0.15) is 38.5 Å². The van der Waals surface area contributed by atoms with Gasteiger partial charge in [-0.15, -0.1) is 0 Å². The van der Waals surface area contributed by atoms with Gasteiger partial charge in [-0.25, -0.2) is 0 Å². The van der Waals surface area contributed by atoms with Gasteiger partial charge in [0.2, 0.25) is 0 Å². The average Bonchev–Trinajstić information content (AvgIpc) is 2.89. The van der Waals surface area contributed by atoms with E-state index < -0.39 is 0 Å². The Balaban J connectivity index is 1.24. The summed E-state index contributed by atoms with van der Waals surface area (Å²) in [6.45, 7) is 5.76. The molecular formula is C14H26N2O. The molecule has 3 aliphatic rings. The quantitative estimate of drug-likeness (QED) is 0.682. The van der Waals surface area contributed by atoms with Crippen LogP contribution in [0.15, 0.2) is 0 Å². The van der Waals surface area contributed by atoms with Gasteiger partial charge in [-0.1, -0.05) is 0 Å². The zero-order chi connectivity index (χ0) is 11.5. The second kappa shape index (κ2) is 5.68. The summed E-state index contributed by atoms with van der Waals surface area (Å²) < 4.78 is 5.66. The van der Waals surface area contributed by atoms with E-state index in [-0.39, 0.29) is 0 Å². The molecule has 0 radical (unpaired) electrons. The van der Waals surface area contributed by atoms with Gasteiger partial charge in [-0.2, -0.15) is 0 Å². The molecule has 0 aromatic carbocycles. The minimum absolute atomic E-state index is 0.765. The smallest absolute Gasteiger partial charge is 0.0494 e. The van der Waals surface area contributed by atoms with Crippen molar-refractivity contribution in [2.24, 2.45) is 5.92 Å². The fraction of sp³-hybridized carbons (Fsp3) is 1.00. The first-order valence-corrected chi connectivity index (χ1v) is 7.48. The second-order valence-electron chi connectivity index (χ2n) is 5.97. The Kier molecular flexibility index (Phi) is 3.99. The number of ether oxygens (including phenoxy) is 1. The summed E-state index contributed by atoms with van der Waals surface area (Å²) in [5.74, 6) is 0.907. The summed E-state index contributed by atoms with van der Waals surface area (Å²) in [5.41, 5.74) is 0. The maximum absolute atomic E-state index is 5.66. The van der Waals surface area contributed by atoms with Crippen LogP contribution >= 0.6 is 0 Å². The fourth-order valence-electron chi connectivity index (χ4n) is 3.32. The van der Waals surface area contributed by atoms with Gasteiger partial charge in [0, 0.05) is 31.8 Å². The van der Waals surface area contributed by atoms with Crippen molar-refractivity contribution in [3.05, 3.63) is 0 Å². The summed E-state index contributed by atoms with van der Waals surface area (Å²) in [5, 5.41) is 3.74. The molecule has 0 amide bonds. The highest BCUT2D eigenvalue weighted by Crippen LogP contribution is 2.29. The van der Waals surface area contributed by atoms with E-state index in [1.54, 1.807) is 0 Å². The second-order valence-corrected chi connectivity index (χ2v) is 5.97. The van der Waals surface area contributed by atoms with E-state index in [1.165, 1.54) is 51.6 Å². The van der Waals surface area contributed by atoms with E-state index in [0.717, 1.165) is 37.8 Å². The summed E-state index contributed by atoms with van der Waals surface area (Å²) in [6.07, 6.45) is 8.16. The maximum Gasteiger partial charge on any atom is 0.0494 e. The van der Waals surface area contributed by atoms with Crippen molar-refractivity contribution in [1.29, 1.82) is 0 Å². The molecule has 0 bridgehead atoms. The minimum atomic E-state index is 0.765. The molecule has 1 aliphatic carbocycles. The van der Waals surface area contributed by atoms with Crippen LogP contribution in [0.3, 0.4) is 0 Å². The topological polar surface area (TPSA) is 24.5 Å². The molecule has 1 saturated carbocycles. The monoisotopic (exact) mass is 238 g/mol. The van der Waals surface area contributed by atoms with E-state index >= 15 is 0 Å². The molecule has 98 valence electrons. The van der Waals surface area contributed by atoms with Crippen molar-refractivity contribution >= 4 is 0 Å². The molecule has 0 spiro atoms. The van der Waals surface area contributed by atoms with Gasteiger partial charge >= 0.3 is 0 Å². The van der Waals surface area contributed by atoms with Crippen molar-refractivity contribution in [3.8, 4) is 0 Å². The first-order chi connectivity index (χ1) is 8.43. The highest BCUT2D eigenvalue weighted by atomic mass is 16.5. The lowest BCUT2D eigenvalue weighted by Crippen LogP contribution is -2.39. The molecule has 2 atom stereocenters. The number of nitrogens with zero attached hydrogens (tertiary/aromatic N) is 1. The highest BCUT2D eigenvalue weighted by molar-refractivity contribution is 4.95. The van der Waals surface area contributed by atoms with Gasteiger partial charge in [0.15, 0.2) is 0 Å². The molecule has 3 nitrogen and oxygen atoms in total. The van der Waals surface area contributed by atoms with Crippen LogP contribution in [0.2, 0.25) is 0 Å². The fourth-order valence-corrected chi connectivity index (χ4v) is 3.32. The molecule has 3 heteroatoms. The van der Waals surface area contributed by atoms with Gasteiger partial charge in [0.1, 0.15) is 0 Å². The zero-order valence-electron chi connectivity index (χ0n) is 10.9. The summed E-state index contributed by atoms with van der Waals surface area (Å²) in [6, 6.07) is 1.61. The summed E-state index contributed by atoms with van der Waals surface area (Å²) in [7, 11) is 0. The zero-order valence-corrected chi connectivity index (χ0v) is 10.9. The molecule has 1 N–H and O–H groups in total. The summed E-state index contributed by atoms with van der Waals surface area (Å²) in [4.78, 5) is 2.67. The van der Waals surface area contributed by atoms with Gasteiger partial charge in [0.05, 0.1) is 0 Å². The average molecular weight is 238 g/mol. The molecule has 3 fully saturated rings. The Labute approximate surface area is 105 Å². The normalized spacial score (nSPS) is 33.2. The third-order valence-corrected chi connectivity index (χ3v) is 4.53. The number of fused-ring (bicyclic) bond motifs is 1. The van der Waals surface area contributed by atoms with Crippen LogP contribution in [-0.2, 0) is 4.74 Å². The van der Waals surface area contributed by atoms with Crippen molar-refractivity contribution in [2.45, 2.75) is 50.6 Å². The van der Waals surface area contributed by atoms with E-state index in [0.29, 0.717) is 0 Å². The first kappa shape index (κ1) is 11.9. The van der Waals surface area contributed by atoms with Gasteiger partial charge in [0.25, 0.3) is 0 Å². The summed E-state index contributed by atoms with van der Waals surface area (Å²) >= 11 is 0. The lowest BCUT2D eigenvalue weighted by Gasteiger charge is -2.21. The Bertz CT molecular complexity index is 242. The number of rotatable bonds is 7. The SMILES string of the molecule is C(CNC1CCN2CCCC12)COCC1CC1. The van der Waals surface area contributed by atoms with Gasteiger partial charge in [-0.05, 0) is 57.5 Å². The van der Waals surface area contributed by atoms with Crippen molar-refractivity contribution in [3.63, 3.8) is 0 Å². The van der Waals surface area contributed by atoms with E-state index in [2.05, 4.69) is 10.2 Å². The number of hydrogen-bond acceptors (Lipinski definition) is 3. The lowest BCUT2D eigenvalue weighted by molar-refractivity contribution is 0.121. The number of nitrogens with one attached hydrogen (secondary N) is 1. The Hall–Kier alpha value is -0.120. The van der Waals surface area contributed by atoms with E-state index in [4.69, 9.17) is 4.74 Å². The predicted octanol–water partition coefficient (Wildman–Crippen LogP) is 1.63. The van der Waals surface area contributed by atoms with E-state index in [9.17, 15) is 0 Å². The maximum atomic E-state index is 5.66. The van der Waals surface area contributed by atoms with Crippen LogP contribution in [-0.4, -0.2) is 49.8 Å². The standard InChI is InChI=1S/C14H26N2O/c1-3-14-13(6-9-16(14)8-1)15-7-2-10-17-11-12-4-5-12/h12-15H,1-11H2. The Morgan fingerprint density at radius 3 is 2.94 bits per heavy atom. The molecule has 2 saturated heterocycles. The molecular weight excluding hydrogens is 212 g/mol. The minimum Gasteiger partial charge on any atom is -0.381 e. The molecule has 2 aliphatic heterocycles. The molecule has 0 aromatic heterocycles. The van der Waals surface area contributed by atoms with Crippen molar-refractivity contribution in [2.75, 3.05) is 32.8 Å². The largest absolute Gasteiger partial charge is 0.381 e. The van der Waals surface area contributed by atoms with Crippen LogP contribution in [0, 0.1) is 5.92 Å². The highest BCUT2D eigenvalue weighted by Gasteiger charge is 2.36.